The van der Waals surface area contributed by atoms with Crippen LogP contribution in [0.2, 0.25) is 0 Å². The molecule has 0 saturated heterocycles. The van der Waals surface area contributed by atoms with Crippen LogP contribution in [0.4, 0.5) is 5.13 Å². The van der Waals surface area contributed by atoms with Crippen molar-refractivity contribution in [3.63, 3.8) is 0 Å². The highest BCUT2D eigenvalue weighted by atomic mass is 32.1. The standard InChI is InChI=1S/C13H16N4OS/c14-11(9-4-2-1-3-5-9)6-12(18)16-7-10-8-19-13(15)17-10/h1-5,8,11H,6-7,14H2,(H2,15,17)(H,16,18)/t11-/m1/s1. The summed E-state index contributed by atoms with van der Waals surface area (Å²) in [5, 5.41) is 5.11. The van der Waals surface area contributed by atoms with Gasteiger partial charge in [0.1, 0.15) is 0 Å². The van der Waals surface area contributed by atoms with Gasteiger partial charge in [-0.25, -0.2) is 4.98 Å². The Bertz CT molecular complexity index is 541. The molecule has 0 aliphatic rings. The highest BCUT2D eigenvalue weighted by Crippen LogP contribution is 2.13. The molecule has 1 heterocycles. The average molecular weight is 276 g/mol. The summed E-state index contributed by atoms with van der Waals surface area (Å²) in [4.78, 5) is 15.8. The molecule has 5 N–H and O–H groups in total. The lowest BCUT2D eigenvalue weighted by atomic mass is 10.0. The van der Waals surface area contributed by atoms with Crippen LogP contribution < -0.4 is 16.8 Å². The van der Waals surface area contributed by atoms with Gasteiger partial charge in [0.25, 0.3) is 0 Å². The maximum Gasteiger partial charge on any atom is 0.222 e. The number of anilines is 1. The topological polar surface area (TPSA) is 94.0 Å². The van der Waals surface area contributed by atoms with Gasteiger partial charge in [-0.1, -0.05) is 30.3 Å². The van der Waals surface area contributed by atoms with E-state index in [2.05, 4.69) is 10.3 Å². The lowest BCUT2D eigenvalue weighted by Crippen LogP contribution is -2.27. The van der Waals surface area contributed by atoms with Crippen molar-refractivity contribution in [1.29, 1.82) is 0 Å². The first-order valence-electron chi connectivity index (χ1n) is 5.92. The number of rotatable bonds is 5. The lowest BCUT2D eigenvalue weighted by Gasteiger charge is -2.11. The molecule has 0 unspecified atom stereocenters. The number of benzene rings is 1. The summed E-state index contributed by atoms with van der Waals surface area (Å²) in [6.07, 6.45) is 0.254. The minimum Gasteiger partial charge on any atom is -0.375 e. The monoisotopic (exact) mass is 276 g/mol. The van der Waals surface area contributed by atoms with E-state index >= 15 is 0 Å². The second kappa shape index (κ2) is 6.31. The van der Waals surface area contributed by atoms with Crippen molar-refractivity contribution in [1.82, 2.24) is 10.3 Å². The molecular formula is C13H16N4OS. The molecule has 1 aromatic heterocycles. The molecule has 0 spiro atoms. The van der Waals surface area contributed by atoms with Gasteiger partial charge < -0.3 is 16.8 Å². The van der Waals surface area contributed by atoms with Crippen molar-refractivity contribution in [3.05, 3.63) is 47.0 Å². The van der Waals surface area contributed by atoms with E-state index in [0.717, 1.165) is 11.3 Å². The Balaban J connectivity index is 1.81. The maximum absolute atomic E-state index is 11.8. The predicted octanol–water partition coefficient (Wildman–Crippen LogP) is 1.43. The number of nitrogen functional groups attached to an aromatic ring is 1. The van der Waals surface area contributed by atoms with Crippen LogP contribution in [0.25, 0.3) is 0 Å². The highest BCUT2D eigenvalue weighted by Gasteiger charge is 2.11. The second-order valence-corrected chi connectivity index (χ2v) is 5.06. The SMILES string of the molecule is Nc1nc(CNC(=O)C[C@@H](N)c2ccccc2)cs1. The molecular weight excluding hydrogens is 260 g/mol. The number of thiazole rings is 1. The molecule has 0 aliphatic carbocycles. The van der Waals surface area contributed by atoms with E-state index in [9.17, 15) is 4.79 Å². The summed E-state index contributed by atoms with van der Waals surface area (Å²) in [7, 11) is 0. The molecule has 0 saturated carbocycles. The Morgan fingerprint density at radius 1 is 1.37 bits per heavy atom. The first-order chi connectivity index (χ1) is 9.15. The van der Waals surface area contributed by atoms with Gasteiger partial charge in [0.2, 0.25) is 5.91 Å². The summed E-state index contributed by atoms with van der Waals surface area (Å²) < 4.78 is 0. The van der Waals surface area contributed by atoms with E-state index in [-0.39, 0.29) is 18.4 Å². The fourth-order valence-corrected chi connectivity index (χ4v) is 2.25. The molecule has 5 nitrogen and oxygen atoms in total. The highest BCUT2D eigenvalue weighted by molar-refractivity contribution is 7.13. The van der Waals surface area contributed by atoms with Crippen molar-refractivity contribution in [3.8, 4) is 0 Å². The van der Waals surface area contributed by atoms with Crippen LogP contribution in [0, 0.1) is 0 Å². The van der Waals surface area contributed by atoms with Gasteiger partial charge in [0, 0.05) is 17.8 Å². The number of amides is 1. The molecule has 1 amide bonds. The normalized spacial score (nSPS) is 12.1. The number of nitrogens with zero attached hydrogens (tertiary/aromatic N) is 1. The Hall–Kier alpha value is -1.92. The summed E-state index contributed by atoms with van der Waals surface area (Å²) in [5.74, 6) is -0.0945. The van der Waals surface area contributed by atoms with Gasteiger partial charge in [-0.2, -0.15) is 0 Å². The van der Waals surface area contributed by atoms with Gasteiger partial charge in [0.05, 0.1) is 12.2 Å². The molecule has 1 atom stereocenters. The van der Waals surface area contributed by atoms with Gasteiger partial charge in [-0.3, -0.25) is 4.79 Å². The maximum atomic E-state index is 11.8. The van der Waals surface area contributed by atoms with Crippen molar-refractivity contribution in [2.75, 3.05) is 5.73 Å². The Morgan fingerprint density at radius 3 is 2.74 bits per heavy atom. The third kappa shape index (κ3) is 4.04. The summed E-state index contributed by atoms with van der Waals surface area (Å²) >= 11 is 1.36. The zero-order valence-corrected chi connectivity index (χ0v) is 11.2. The molecule has 1 aromatic carbocycles. The predicted molar refractivity (Wildman–Crippen MR) is 76.4 cm³/mol. The molecule has 0 aliphatic heterocycles. The number of nitrogens with two attached hydrogens (primary N) is 2. The van der Waals surface area contributed by atoms with Crippen molar-refractivity contribution < 1.29 is 4.79 Å². The Kier molecular flexibility index (Phi) is 4.48. The molecule has 0 radical (unpaired) electrons. The van der Waals surface area contributed by atoms with Gasteiger partial charge in [-0.05, 0) is 5.56 Å². The molecule has 0 bridgehead atoms. The minimum absolute atomic E-state index is 0.0945. The van der Waals surface area contributed by atoms with Gasteiger partial charge >= 0.3 is 0 Å². The molecule has 100 valence electrons. The van der Waals surface area contributed by atoms with E-state index < -0.39 is 0 Å². The third-order valence-electron chi connectivity index (χ3n) is 2.67. The molecule has 2 rings (SSSR count). The van der Waals surface area contributed by atoms with Gasteiger partial charge in [-0.15, -0.1) is 11.3 Å². The summed E-state index contributed by atoms with van der Waals surface area (Å²) in [6.45, 7) is 0.383. The minimum atomic E-state index is -0.290. The summed E-state index contributed by atoms with van der Waals surface area (Å²) in [6, 6.07) is 9.28. The third-order valence-corrected chi connectivity index (χ3v) is 3.39. The first kappa shape index (κ1) is 13.5. The van der Waals surface area contributed by atoms with E-state index in [0.29, 0.717) is 11.7 Å². The number of carbonyl (C=O) groups is 1. The number of nitrogens with one attached hydrogen (secondary N) is 1. The van der Waals surface area contributed by atoms with Crippen LogP contribution in [-0.4, -0.2) is 10.9 Å². The number of hydrogen-bond acceptors (Lipinski definition) is 5. The smallest absolute Gasteiger partial charge is 0.222 e. The van der Waals surface area contributed by atoms with Crippen LogP contribution >= 0.6 is 11.3 Å². The van der Waals surface area contributed by atoms with Gasteiger partial charge in [0.15, 0.2) is 5.13 Å². The molecule has 19 heavy (non-hydrogen) atoms. The second-order valence-electron chi connectivity index (χ2n) is 4.18. The molecule has 6 heteroatoms. The lowest BCUT2D eigenvalue weighted by molar-refractivity contribution is -0.121. The van der Waals surface area contributed by atoms with Crippen LogP contribution in [0.1, 0.15) is 23.7 Å². The quantitative estimate of drug-likeness (QED) is 0.770. The zero-order valence-electron chi connectivity index (χ0n) is 10.4. The van der Waals surface area contributed by atoms with Crippen molar-refractivity contribution in [2.45, 2.75) is 19.0 Å². The Labute approximate surface area is 115 Å². The number of aromatic nitrogens is 1. The van der Waals surface area contributed by atoms with E-state index in [1.807, 2.05) is 35.7 Å². The van der Waals surface area contributed by atoms with Crippen LogP contribution in [0.3, 0.4) is 0 Å². The van der Waals surface area contributed by atoms with Crippen LogP contribution in [-0.2, 0) is 11.3 Å². The van der Waals surface area contributed by atoms with E-state index in [1.54, 1.807) is 0 Å². The van der Waals surface area contributed by atoms with Crippen molar-refractivity contribution in [2.24, 2.45) is 5.73 Å². The van der Waals surface area contributed by atoms with Crippen molar-refractivity contribution >= 4 is 22.4 Å². The number of hydrogen-bond donors (Lipinski definition) is 3. The fraction of sp³-hybridized carbons (Fsp3) is 0.231. The molecule has 2 aromatic rings. The summed E-state index contributed by atoms with van der Waals surface area (Å²) in [5.41, 5.74) is 13.2. The Morgan fingerprint density at radius 2 is 2.11 bits per heavy atom. The first-order valence-corrected chi connectivity index (χ1v) is 6.80. The molecule has 0 fully saturated rings. The van der Waals surface area contributed by atoms with Crippen LogP contribution in [0.15, 0.2) is 35.7 Å². The van der Waals surface area contributed by atoms with E-state index in [1.165, 1.54) is 11.3 Å². The van der Waals surface area contributed by atoms with E-state index in [4.69, 9.17) is 11.5 Å². The zero-order chi connectivity index (χ0) is 13.7. The number of carbonyl (C=O) groups excluding carboxylic acids is 1. The fourth-order valence-electron chi connectivity index (χ4n) is 1.68. The average Bonchev–Trinajstić information content (AvgIpc) is 2.83. The largest absolute Gasteiger partial charge is 0.375 e. The van der Waals surface area contributed by atoms with Crippen LogP contribution in [0.5, 0.6) is 0 Å².